The fourth-order valence-electron chi connectivity index (χ4n) is 1.92. The molecule has 0 aliphatic carbocycles. The molecule has 1 heterocycles. The van der Waals surface area contributed by atoms with Gasteiger partial charge in [-0.3, -0.25) is 0 Å². The Morgan fingerprint density at radius 3 is 2.71 bits per heavy atom. The van der Waals surface area contributed by atoms with Crippen LogP contribution < -0.4 is 0 Å². The summed E-state index contributed by atoms with van der Waals surface area (Å²) >= 11 is 0. The zero-order chi connectivity index (χ0) is 15.6. The van der Waals surface area contributed by atoms with Gasteiger partial charge in [0.05, 0.1) is 12.3 Å². The topological polar surface area (TPSA) is 52.3 Å². The first-order valence-corrected chi connectivity index (χ1v) is 6.88. The summed E-state index contributed by atoms with van der Waals surface area (Å²) in [6.07, 6.45) is 0. The lowest BCUT2D eigenvalue weighted by molar-refractivity contribution is 0.0488. The Bertz CT molecular complexity index is 662. The lowest BCUT2D eigenvalue weighted by Crippen LogP contribution is -2.07. The number of hydrogen-bond acceptors (Lipinski definition) is 4. The molecule has 1 aromatic heterocycles. The summed E-state index contributed by atoms with van der Waals surface area (Å²) in [6.45, 7) is 7.46. The number of carbonyl (C=O) groups is 1. The second kappa shape index (κ2) is 6.08. The van der Waals surface area contributed by atoms with E-state index in [0.29, 0.717) is 16.8 Å². The molecule has 0 amide bonds. The van der Waals surface area contributed by atoms with E-state index in [9.17, 15) is 9.18 Å². The Balaban J connectivity index is 2.48. The van der Waals surface area contributed by atoms with E-state index in [1.807, 2.05) is 13.8 Å². The molecule has 0 spiro atoms. The van der Waals surface area contributed by atoms with Crippen LogP contribution in [0.3, 0.4) is 0 Å². The number of nitrogens with zero attached hydrogens (tertiary/aromatic N) is 1. The average molecular weight is 291 g/mol. The summed E-state index contributed by atoms with van der Waals surface area (Å²) in [4.78, 5) is 16.2. The zero-order valence-electron chi connectivity index (χ0n) is 12.6. The van der Waals surface area contributed by atoms with Gasteiger partial charge < -0.3 is 9.15 Å². The van der Waals surface area contributed by atoms with Gasteiger partial charge in [0, 0.05) is 5.56 Å². The zero-order valence-corrected chi connectivity index (χ0v) is 12.6. The first-order valence-electron chi connectivity index (χ1n) is 6.88. The highest BCUT2D eigenvalue weighted by Crippen LogP contribution is 2.28. The summed E-state index contributed by atoms with van der Waals surface area (Å²) in [5.41, 5.74) is 1.56. The molecular weight excluding hydrogens is 273 g/mol. The molecule has 1 aromatic carbocycles. The van der Waals surface area contributed by atoms with Crippen molar-refractivity contribution in [3.63, 3.8) is 0 Å². The minimum absolute atomic E-state index is 0.00259. The number of ether oxygens (including phenoxy) is 1. The van der Waals surface area contributed by atoms with Gasteiger partial charge in [0.25, 0.3) is 0 Å². The fraction of sp³-hybridized carbons (Fsp3) is 0.375. The van der Waals surface area contributed by atoms with E-state index in [-0.39, 0.29) is 30.0 Å². The van der Waals surface area contributed by atoms with Crippen molar-refractivity contribution in [1.82, 2.24) is 4.98 Å². The van der Waals surface area contributed by atoms with Gasteiger partial charge in [0.1, 0.15) is 5.82 Å². The third-order valence-electron chi connectivity index (χ3n) is 3.08. The standard InChI is InChI=1S/C16H18FNO3/c1-5-20-16(19)14-13(9(2)3)18-15(21-14)11-7-6-10(4)12(17)8-11/h6-9H,5H2,1-4H3. The predicted octanol–water partition coefficient (Wildman–Crippen LogP) is 4.09. The third kappa shape index (κ3) is 3.12. The molecule has 0 atom stereocenters. The molecule has 0 bridgehead atoms. The Labute approximate surface area is 122 Å². The van der Waals surface area contributed by atoms with Crippen LogP contribution in [0, 0.1) is 12.7 Å². The Hall–Kier alpha value is -2.17. The maximum atomic E-state index is 13.6. The van der Waals surface area contributed by atoms with Crippen LogP contribution in [0.2, 0.25) is 0 Å². The van der Waals surface area contributed by atoms with Crippen molar-refractivity contribution in [2.45, 2.75) is 33.6 Å². The molecule has 0 radical (unpaired) electrons. The Morgan fingerprint density at radius 2 is 2.14 bits per heavy atom. The summed E-state index contributed by atoms with van der Waals surface area (Å²) < 4.78 is 24.1. The Kier molecular flexibility index (Phi) is 4.40. The molecule has 21 heavy (non-hydrogen) atoms. The van der Waals surface area contributed by atoms with E-state index in [0.717, 1.165) is 0 Å². The number of esters is 1. The number of carbonyl (C=O) groups excluding carboxylic acids is 1. The van der Waals surface area contributed by atoms with Crippen LogP contribution in [-0.4, -0.2) is 17.6 Å². The van der Waals surface area contributed by atoms with Crippen molar-refractivity contribution in [2.75, 3.05) is 6.61 Å². The van der Waals surface area contributed by atoms with E-state index < -0.39 is 5.97 Å². The highest BCUT2D eigenvalue weighted by atomic mass is 19.1. The normalized spacial score (nSPS) is 11.0. The monoisotopic (exact) mass is 291 g/mol. The van der Waals surface area contributed by atoms with E-state index in [4.69, 9.17) is 9.15 Å². The quantitative estimate of drug-likeness (QED) is 0.796. The Morgan fingerprint density at radius 1 is 1.43 bits per heavy atom. The summed E-state index contributed by atoms with van der Waals surface area (Å²) in [6, 6.07) is 4.71. The number of halogens is 1. The van der Waals surface area contributed by atoms with Crippen LogP contribution in [0.5, 0.6) is 0 Å². The molecule has 2 aromatic rings. The molecule has 0 saturated carbocycles. The van der Waals surface area contributed by atoms with Crippen LogP contribution in [0.1, 0.15) is 48.5 Å². The van der Waals surface area contributed by atoms with Crippen LogP contribution >= 0.6 is 0 Å². The molecule has 0 saturated heterocycles. The average Bonchev–Trinajstić information content (AvgIpc) is 2.87. The lowest BCUT2D eigenvalue weighted by atomic mass is 10.1. The van der Waals surface area contributed by atoms with Gasteiger partial charge in [-0.25, -0.2) is 14.2 Å². The molecule has 0 fully saturated rings. The van der Waals surface area contributed by atoms with Gasteiger partial charge in [-0.2, -0.15) is 0 Å². The number of aromatic nitrogens is 1. The second-order valence-electron chi connectivity index (χ2n) is 5.07. The number of rotatable bonds is 4. The molecule has 112 valence electrons. The number of oxazole rings is 1. The first-order chi connectivity index (χ1) is 9.93. The van der Waals surface area contributed by atoms with Crippen molar-refractivity contribution >= 4 is 5.97 Å². The van der Waals surface area contributed by atoms with Crippen LogP contribution in [0.4, 0.5) is 4.39 Å². The molecule has 0 unspecified atom stereocenters. The molecule has 5 heteroatoms. The van der Waals surface area contributed by atoms with Gasteiger partial charge in [0.2, 0.25) is 11.7 Å². The number of benzene rings is 1. The second-order valence-corrected chi connectivity index (χ2v) is 5.07. The van der Waals surface area contributed by atoms with E-state index in [2.05, 4.69) is 4.98 Å². The van der Waals surface area contributed by atoms with Crippen LogP contribution in [0.15, 0.2) is 22.6 Å². The predicted molar refractivity (Wildman–Crippen MR) is 76.7 cm³/mol. The lowest BCUT2D eigenvalue weighted by Gasteiger charge is -2.02. The number of hydrogen-bond donors (Lipinski definition) is 0. The first kappa shape index (κ1) is 15.2. The van der Waals surface area contributed by atoms with Crippen LogP contribution in [0.25, 0.3) is 11.5 Å². The van der Waals surface area contributed by atoms with Crippen molar-refractivity contribution in [2.24, 2.45) is 0 Å². The highest BCUT2D eigenvalue weighted by Gasteiger charge is 2.24. The van der Waals surface area contributed by atoms with Crippen molar-refractivity contribution in [3.8, 4) is 11.5 Å². The van der Waals surface area contributed by atoms with Gasteiger partial charge >= 0.3 is 5.97 Å². The molecular formula is C16H18FNO3. The maximum Gasteiger partial charge on any atom is 0.376 e. The van der Waals surface area contributed by atoms with E-state index >= 15 is 0 Å². The summed E-state index contributed by atoms with van der Waals surface area (Å²) in [5, 5.41) is 0. The van der Waals surface area contributed by atoms with Crippen molar-refractivity contribution in [3.05, 3.63) is 41.0 Å². The molecule has 0 aliphatic heterocycles. The summed E-state index contributed by atoms with van der Waals surface area (Å²) in [7, 11) is 0. The van der Waals surface area contributed by atoms with E-state index in [1.54, 1.807) is 26.0 Å². The summed E-state index contributed by atoms with van der Waals surface area (Å²) in [5.74, 6) is -0.581. The molecule has 4 nitrogen and oxygen atoms in total. The molecule has 2 rings (SSSR count). The van der Waals surface area contributed by atoms with Gasteiger partial charge in [-0.05, 0) is 37.5 Å². The van der Waals surface area contributed by atoms with Gasteiger partial charge in [-0.1, -0.05) is 19.9 Å². The fourth-order valence-corrected chi connectivity index (χ4v) is 1.92. The maximum absolute atomic E-state index is 13.6. The van der Waals surface area contributed by atoms with Crippen LogP contribution in [-0.2, 0) is 4.74 Å². The number of aryl methyl sites for hydroxylation is 1. The third-order valence-corrected chi connectivity index (χ3v) is 3.08. The highest BCUT2D eigenvalue weighted by molar-refractivity contribution is 5.88. The van der Waals surface area contributed by atoms with E-state index in [1.165, 1.54) is 6.07 Å². The SMILES string of the molecule is CCOC(=O)c1oc(-c2ccc(C)c(F)c2)nc1C(C)C. The van der Waals surface area contributed by atoms with Crippen molar-refractivity contribution < 1.29 is 18.3 Å². The minimum Gasteiger partial charge on any atom is -0.460 e. The molecule has 0 N–H and O–H groups in total. The molecule has 0 aliphatic rings. The van der Waals surface area contributed by atoms with Gasteiger partial charge in [0.15, 0.2) is 0 Å². The minimum atomic E-state index is -0.549. The van der Waals surface area contributed by atoms with Gasteiger partial charge in [-0.15, -0.1) is 0 Å². The van der Waals surface area contributed by atoms with Crippen molar-refractivity contribution in [1.29, 1.82) is 0 Å². The smallest absolute Gasteiger partial charge is 0.376 e. The largest absolute Gasteiger partial charge is 0.460 e.